The second-order valence-electron chi connectivity index (χ2n) is 6.51. The highest BCUT2D eigenvalue weighted by Crippen LogP contribution is 2.45. The summed E-state index contributed by atoms with van der Waals surface area (Å²) in [5.41, 5.74) is 1.55. The molecule has 0 fully saturated rings. The summed E-state index contributed by atoms with van der Waals surface area (Å²) in [6.45, 7) is 0. The van der Waals surface area contributed by atoms with E-state index >= 15 is 0 Å². The van der Waals surface area contributed by atoms with Gasteiger partial charge in [0.2, 0.25) is 5.75 Å². The first-order valence-electron chi connectivity index (χ1n) is 9.36. The normalized spacial score (nSPS) is 11.6. The van der Waals surface area contributed by atoms with Gasteiger partial charge in [0.1, 0.15) is 0 Å². The van der Waals surface area contributed by atoms with Crippen molar-refractivity contribution in [1.29, 1.82) is 0 Å². The molecule has 1 atom stereocenters. The molecule has 0 aliphatic rings. The smallest absolute Gasteiger partial charge is 0.203 e. The van der Waals surface area contributed by atoms with E-state index in [1.54, 1.807) is 57.4 Å². The fourth-order valence-corrected chi connectivity index (χ4v) is 4.38. The van der Waals surface area contributed by atoms with Crippen LogP contribution in [-0.4, -0.2) is 27.1 Å². The fourth-order valence-electron chi connectivity index (χ4n) is 3.10. The van der Waals surface area contributed by atoms with Crippen LogP contribution in [0.3, 0.4) is 0 Å². The van der Waals surface area contributed by atoms with Crippen LogP contribution in [0, 0.1) is 0 Å². The van der Waals surface area contributed by atoms with Crippen molar-refractivity contribution in [2.45, 2.75) is 16.6 Å². The number of ether oxygens (including phenoxy) is 3. The maximum absolute atomic E-state index is 13.0. The largest absolute Gasteiger partial charge is 0.493 e. The fraction of sp³-hybridized carbons (Fsp3) is 0.208. The van der Waals surface area contributed by atoms with Crippen LogP contribution in [-0.2, 0) is 0 Å². The van der Waals surface area contributed by atoms with E-state index < -0.39 is 0 Å². The van der Waals surface area contributed by atoms with Gasteiger partial charge in [-0.15, -0.1) is 11.8 Å². The van der Waals surface area contributed by atoms with Crippen LogP contribution in [0.4, 0.5) is 0 Å². The monoisotopic (exact) mass is 442 g/mol. The molecule has 0 radical (unpaired) electrons. The van der Waals surface area contributed by atoms with Crippen LogP contribution in [0.25, 0.3) is 0 Å². The highest BCUT2D eigenvalue weighted by molar-refractivity contribution is 7.99. The zero-order valence-electron chi connectivity index (χ0n) is 17.1. The van der Waals surface area contributed by atoms with Gasteiger partial charge in [-0.05, 0) is 54.1 Å². The van der Waals surface area contributed by atoms with Crippen molar-refractivity contribution >= 4 is 29.1 Å². The van der Waals surface area contributed by atoms with Gasteiger partial charge in [0.05, 0.1) is 21.3 Å². The summed E-state index contributed by atoms with van der Waals surface area (Å²) < 4.78 is 16.5. The molecule has 0 amide bonds. The van der Waals surface area contributed by atoms with Gasteiger partial charge in [0, 0.05) is 27.2 Å². The van der Waals surface area contributed by atoms with E-state index in [2.05, 4.69) is 0 Å². The van der Waals surface area contributed by atoms with E-state index in [-0.39, 0.29) is 11.0 Å². The third-order valence-corrected chi connectivity index (χ3v) is 6.14. The molecule has 4 nitrogen and oxygen atoms in total. The van der Waals surface area contributed by atoms with Crippen molar-refractivity contribution < 1.29 is 19.0 Å². The molecule has 30 heavy (non-hydrogen) atoms. The Morgan fingerprint density at radius 1 is 0.900 bits per heavy atom. The SMILES string of the molecule is COc1cc([C@H](CC(=O)c2ccc(Cl)cc2)Sc2ccccc2)cc(OC)c1OC. The van der Waals surface area contributed by atoms with Gasteiger partial charge in [-0.3, -0.25) is 4.79 Å². The van der Waals surface area contributed by atoms with Crippen molar-refractivity contribution in [3.05, 3.63) is 82.9 Å². The summed E-state index contributed by atoms with van der Waals surface area (Å²) in [6.07, 6.45) is 0.305. The third kappa shape index (κ3) is 5.29. The Morgan fingerprint density at radius 2 is 1.50 bits per heavy atom. The highest BCUT2D eigenvalue weighted by atomic mass is 35.5. The number of carbonyl (C=O) groups is 1. The molecule has 0 N–H and O–H groups in total. The number of carbonyl (C=O) groups excluding carboxylic acids is 1. The minimum absolute atomic E-state index is 0.0360. The first kappa shape index (κ1) is 22.1. The van der Waals surface area contributed by atoms with Crippen LogP contribution in [0.2, 0.25) is 5.02 Å². The third-order valence-electron chi connectivity index (χ3n) is 4.62. The van der Waals surface area contributed by atoms with E-state index in [4.69, 9.17) is 25.8 Å². The number of rotatable bonds is 9. The summed E-state index contributed by atoms with van der Waals surface area (Å²) >= 11 is 7.59. The second-order valence-corrected chi connectivity index (χ2v) is 8.22. The number of methoxy groups -OCH3 is 3. The highest BCUT2D eigenvalue weighted by Gasteiger charge is 2.23. The Hall–Kier alpha value is -2.63. The average molecular weight is 443 g/mol. The Bertz CT molecular complexity index is 965. The molecular weight excluding hydrogens is 420 g/mol. The van der Waals surface area contributed by atoms with Crippen molar-refractivity contribution in [1.82, 2.24) is 0 Å². The number of Topliss-reactive ketones (excluding diaryl/α,β-unsaturated/α-hetero) is 1. The zero-order valence-corrected chi connectivity index (χ0v) is 18.6. The zero-order chi connectivity index (χ0) is 21.5. The van der Waals surface area contributed by atoms with Crippen LogP contribution >= 0.6 is 23.4 Å². The lowest BCUT2D eigenvalue weighted by molar-refractivity contribution is 0.0982. The molecule has 3 aromatic rings. The van der Waals surface area contributed by atoms with Gasteiger partial charge in [-0.2, -0.15) is 0 Å². The summed E-state index contributed by atoms with van der Waals surface area (Å²) in [5.74, 6) is 1.68. The Labute approximate surface area is 186 Å². The Balaban J connectivity index is 1.98. The molecule has 3 rings (SSSR count). The molecule has 156 valence electrons. The maximum atomic E-state index is 13.0. The average Bonchev–Trinajstić information content (AvgIpc) is 2.78. The van der Waals surface area contributed by atoms with Crippen LogP contribution < -0.4 is 14.2 Å². The lowest BCUT2D eigenvalue weighted by Crippen LogP contribution is -2.06. The number of thioether (sulfide) groups is 1. The van der Waals surface area contributed by atoms with Gasteiger partial charge in [-0.25, -0.2) is 0 Å². The minimum Gasteiger partial charge on any atom is -0.493 e. The van der Waals surface area contributed by atoms with Crippen LogP contribution in [0.15, 0.2) is 71.6 Å². The molecule has 6 heteroatoms. The molecule has 0 aliphatic carbocycles. The number of benzene rings is 3. The summed E-state index contributed by atoms with van der Waals surface area (Å²) in [4.78, 5) is 14.1. The van der Waals surface area contributed by atoms with E-state index in [9.17, 15) is 4.79 Å². The molecule has 0 saturated heterocycles. The van der Waals surface area contributed by atoms with Gasteiger partial charge in [0.25, 0.3) is 0 Å². The van der Waals surface area contributed by atoms with E-state index in [1.165, 1.54) is 0 Å². The summed E-state index contributed by atoms with van der Waals surface area (Å²) in [6, 6.07) is 20.8. The van der Waals surface area contributed by atoms with E-state index in [0.717, 1.165) is 10.5 Å². The molecular formula is C24H23ClO4S. The topological polar surface area (TPSA) is 44.8 Å². The second kappa shape index (κ2) is 10.4. The minimum atomic E-state index is -0.149. The van der Waals surface area contributed by atoms with Crippen LogP contribution in [0.1, 0.15) is 27.6 Å². The first-order chi connectivity index (χ1) is 14.5. The Morgan fingerprint density at radius 3 is 2.03 bits per heavy atom. The van der Waals surface area contributed by atoms with Crippen molar-refractivity contribution in [2.75, 3.05) is 21.3 Å². The molecule has 0 aromatic heterocycles. The summed E-state index contributed by atoms with van der Waals surface area (Å²) in [5, 5.41) is 0.454. The molecule has 0 bridgehead atoms. The van der Waals surface area contributed by atoms with Gasteiger partial charge in [-0.1, -0.05) is 29.8 Å². The molecule has 3 aromatic carbocycles. The predicted molar refractivity (Wildman–Crippen MR) is 122 cm³/mol. The predicted octanol–water partition coefficient (Wildman–Crippen LogP) is 6.47. The lowest BCUT2D eigenvalue weighted by atomic mass is 10.0. The van der Waals surface area contributed by atoms with Gasteiger partial charge >= 0.3 is 0 Å². The first-order valence-corrected chi connectivity index (χ1v) is 10.6. The molecule has 0 spiro atoms. The number of hydrogen-bond acceptors (Lipinski definition) is 5. The number of ketones is 1. The maximum Gasteiger partial charge on any atom is 0.203 e. The summed E-state index contributed by atoms with van der Waals surface area (Å²) in [7, 11) is 4.73. The van der Waals surface area contributed by atoms with Crippen molar-refractivity contribution in [3.63, 3.8) is 0 Å². The van der Waals surface area contributed by atoms with E-state index in [1.807, 2.05) is 42.5 Å². The van der Waals surface area contributed by atoms with Crippen molar-refractivity contribution in [2.24, 2.45) is 0 Å². The Kier molecular flexibility index (Phi) is 7.66. The molecule has 0 heterocycles. The lowest BCUT2D eigenvalue weighted by Gasteiger charge is -2.20. The number of halogens is 1. The van der Waals surface area contributed by atoms with Crippen molar-refractivity contribution in [3.8, 4) is 17.2 Å². The molecule has 0 saturated carbocycles. The number of hydrogen-bond donors (Lipinski definition) is 0. The quantitative estimate of drug-likeness (QED) is 0.280. The van der Waals surface area contributed by atoms with E-state index in [0.29, 0.717) is 34.3 Å². The van der Waals surface area contributed by atoms with Gasteiger partial charge < -0.3 is 14.2 Å². The standard InChI is InChI=1S/C24H23ClO4S/c1-27-21-13-17(14-22(28-2)24(21)29-3)23(30-19-7-5-4-6-8-19)15-20(26)16-9-11-18(25)12-10-16/h4-14,23H,15H2,1-3H3/t23-/m0/s1. The molecule has 0 aliphatic heterocycles. The van der Waals surface area contributed by atoms with Gasteiger partial charge in [0.15, 0.2) is 17.3 Å². The van der Waals surface area contributed by atoms with Crippen LogP contribution in [0.5, 0.6) is 17.2 Å². The molecule has 0 unspecified atom stereocenters.